The van der Waals surface area contributed by atoms with Gasteiger partial charge in [-0.2, -0.15) is 26.3 Å². The number of alkyl halides is 6. The van der Waals surface area contributed by atoms with Gasteiger partial charge in [0.1, 0.15) is 0 Å². The number of carbonyl (C=O) groups excluding carboxylic acids is 3. The molecule has 0 saturated heterocycles. The van der Waals surface area contributed by atoms with E-state index < -0.39 is 41.4 Å². The van der Waals surface area contributed by atoms with Gasteiger partial charge in [0.15, 0.2) is 0 Å². The fourth-order valence-corrected chi connectivity index (χ4v) is 1.67. The highest BCUT2D eigenvalue weighted by Gasteiger charge is 2.73. The molecule has 0 saturated carbocycles. The molecule has 1 aromatic rings. The van der Waals surface area contributed by atoms with Crippen LogP contribution in [0.2, 0.25) is 0 Å². The first-order valence-electron chi connectivity index (χ1n) is 6.41. The van der Waals surface area contributed by atoms with Crippen LogP contribution in [0.1, 0.15) is 17.3 Å². The molecule has 0 aliphatic heterocycles. The number of hydrogen-bond donors (Lipinski definition) is 3. The molecule has 4 amide bonds. The van der Waals surface area contributed by atoms with E-state index in [1.165, 1.54) is 23.5 Å². The molecule has 3 N–H and O–H groups in total. The first-order valence-corrected chi connectivity index (χ1v) is 6.41. The summed E-state index contributed by atoms with van der Waals surface area (Å²) in [4.78, 5) is 33.8. The number of hydrogen-bond acceptors (Lipinski definition) is 3. The lowest BCUT2D eigenvalue weighted by molar-refractivity contribution is -0.310. The molecular weight excluding hydrogens is 360 g/mol. The van der Waals surface area contributed by atoms with Crippen molar-refractivity contribution in [3.8, 4) is 0 Å². The van der Waals surface area contributed by atoms with Crippen LogP contribution < -0.4 is 16.0 Å². The average molecular weight is 371 g/mol. The predicted octanol–water partition coefficient (Wildman–Crippen LogP) is 2.08. The number of amides is 4. The van der Waals surface area contributed by atoms with Crippen molar-refractivity contribution in [1.29, 1.82) is 0 Å². The average Bonchev–Trinajstić information content (AvgIpc) is 2.44. The van der Waals surface area contributed by atoms with Crippen molar-refractivity contribution in [3.05, 3.63) is 35.9 Å². The number of carbonyl (C=O) groups is 3. The number of halogens is 6. The van der Waals surface area contributed by atoms with Crippen molar-refractivity contribution in [2.45, 2.75) is 24.9 Å². The van der Waals surface area contributed by atoms with Crippen LogP contribution in [-0.2, 0) is 4.79 Å². The summed E-state index contributed by atoms with van der Waals surface area (Å²) in [5.41, 5.74) is -5.61. The Morgan fingerprint density at radius 2 is 1.32 bits per heavy atom. The third-order valence-electron chi connectivity index (χ3n) is 2.78. The molecular formula is C13H11F6N3O3. The van der Waals surface area contributed by atoms with Gasteiger partial charge in [0.05, 0.1) is 0 Å². The van der Waals surface area contributed by atoms with Gasteiger partial charge < -0.3 is 5.32 Å². The summed E-state index contributed by atoms with van der Waals surface area (Å²) in [6.07, 6.45) is -12.3. The van der Waals surface area contributed by atoms with Gasteiger partial charge in [0, 0.05) is 12.5 Å². The highest BCUT2D eigenvalue weighted by molar-refractivity contribution is 5.96. The van der Waals surface area contributed by atoms with Gasteiger partial charge in [-0.3, -0.25) is 20.2 Å². The van der Waals surface area contributed by atoms with Crippen LogP contribution in [0.4, 0.5) is 31.1 Å². The van der Waals surface area contributed by atoms with Gasteiger partial charge in [0.2, 0.25) is 5.91 Å². The lowest BCUT2D eigenvalue weighted by Crippen LogP contribution is -2.77. The second kappa shape index (κ2) is 6.99. The Morgan fingerprint density at radius 3 is 1.72 bits per heavy atom. The van der Waals surface area contributed by atoms with Gasteiger partial charge in [-0.1, -0.05) is 18.2 Å². The molecule has 0 fully saturated rings. The zero-order valence-corrected chi connectivity index (χ0v) is 12.4. The Labute approximate surface area is 136 Å². The summed E-state index contributed by atoms with van der Waals surface area (Å²) >= 11 is 0. The molecule has 0 radical (unpaired) electrons. The van der Waals surface area contributed by atoms with Gasteiger partial charge in [-0.25, -0.2) is 4.79 Å². The second-order valence-corrected chi connectivity index (χ2v) is 4.70. The molecule has 0 aliphatic rings. The maximum absolute atomic E-state index is 13.2. The minimum Gasteiger partial charge on any atom is -0.314 e. The van der Waals surface area contributed by atoms with E-state index in [4.69, 9.17) is 0 Å². The molecule has 138 valence electrons. The quantitative estimate of drug-likeness (QED) is 0.562. The largest absolute Gasteiger partial charge is 0.439 e. The number of benzene rings is 1. The van der Waals surface area contributed by atoms with Crippen LogP contribution in [0, 0.1) is 0 Å². The monoisotopic (exact) mass is 371 g/mol. The lowest BCUT2D eigenvalue weighted by atomic mass is 10.1. The van der Waals surface area contributed by atoms with Crippen molar-refractivity contribution >= 4 is 17.8 Å². The van der Waals surface area contributed by atoms with Crippen molar-refractivity contribution in [2.24, 2.45) is 0 Å². The van der Waals surface area contributed by atoms with E-state index in [-0.39, 0.29) is 0 Å². The molecule has 0 aliphatic carbocycles. The van der Waals surface area contributed by atoms with Gasteiger partial charge in [0.25, 0.3) is 5.91 Å². The molecule has 0 bridgehead atoms. The SMILES string of the molecule is CC(=O)NC(=O)NC(NC(=O)c1ccccc1)(C(F)(F)F)C(F)(F)F. The Bertz CT molecular complexity index is 643. The maximum Gasteiger partial charge on any atom is 0.439 e. The van der Waals surface area contributed by atoms with Crippen LogP contribution in [0.5, 0.6) is 0 Å². The van der Waals surface area contributed by atoms with Gasteiger partial charge >= 0.3 is 24.0 Å². The molecule has 0 atom stereocenters. The summed E-state index contributed by atoms with van der Waals surface area (Å²) in [5, 5.41) is 2.56. The molecule has 0 spiro atoms. The number of imide groups is 1. The van der Waals surface area contributed by atoms with E-state index in [9.17, 15) is 40.7 Å². The first-order chi connectivity index (χ1) is 11.3. The van der Waals surface area contributed by atoms with Crippen LogP contribution >= 0.6 is 0 Å². The summed E-state index contributed by atoms with van der Waals surface area (Å²) in [6, 6.07) is 3.68. The summed E-state index contributed by atoms with van der Waals surface area (Å²) in [7, 11) is 0. The smallest absolute Gasteiger partial charge is 0.314 e. The van der Waals surface area contributed by atoms with Crippen LogP contribution in [0.3, 0.4) is 0 Å². The first kappa shape index (κ1) is 20.3. The predicted molar refractivity (Wildman–Crippen MR) is 71.1 cm³/mol. The van der Waals surface area contributed by atoms with Crippen LogP contribution in [0.25, 0.3) is 0 Å². The number of urea groups is 1. The fourth-order valence-electron chi connectivity index (χ4n) is 1.67. The lowest BCUT2D eigenvalue weighted by Gasteiger charge is -2.37. The molecule has 6 nitrogen and oxygen atoms in total. The van der Waals surface area contributed by atoms with E-state index in [2.05, 4.69) is 0 Å². The summed E-state index contributed by atoms with van der Waals surface area (Å²) in [6.45, 7) is 0.699. The van der Waals surface area contributed by atoms with E-state index in [0.717, 1.165) is 17.4 Å². The second-order valence-electron chi connectivity index (χ2n) is 4.70. The highest BCUT2D eigenvalue weighted by Crippen LogP contribution is 2.41. The van der Waals surface area contributed by atoms with E-state index in [1.54, 1.807) is 0 Å². The van der Waals surface area contributed by atoms with E-state index >= 15 is 0 Å². The van der Waals surface area contributed by atoms with Crippen molar-refractivity contribution < 1.29 is 40.7 Å². The Kier molecular flexibility index (Phi) is 5.66. The van der Waals surface area contributed by atoms with E-state index in [1.807, 2.05) is 0 Å². The standard InChI is InChI=1S/C13H11F6N3O3/c1-7(23)20-10(25)22-11(12(14,15)16,13(17,18)19)21-9(24)8-5-3-2-4-6-8/h2-6H,1H3,(H,21,24)(H2,20,22,23,25). The zero-order valence-electron chi connectivity index (χ0n) is 12.4. The minimum atomic E-state index is -6.16. The third-order valence-corrected chi connectivity index (χ3v) is 2.78. The van der Waals surface area contributed by atoms with E-state index in [0.29, 0.717) is 12.2 Å². The number of nitrogens with one attached hydrogen (secondary N) is 3. The Morgan fingerprint density at radius 1 is 0.840 bits per heavy atom. The number of rotatable bonds is 3. The molecule has 0 aromatic heterocycles. The third kappa shape index (κ3) is 4.61. The van der Waals surface area contributed by atoms with Crippen molar-refractivity contribution in [1.82, 2.24) is 16.0 Å². The minimum absolute atomic E-state index is 0.505. The molecule has 1 aromatic carbocycles. The highest BCUT2D eigenvalue weighted by atomic mass is 19.4. The van der Waals surface area contributed by atoms with Crippen molar-refractivity contribution in [2.75, 3.05) is 0 Å². The maximum atomic E-state index is 13.2. The fraction of sp³-hybridized carbons (Fsp3) is 0.308. The molecule has 12 heteroatoms. The Hall–Kier alpha value is -2.79. The van der Waals surface area contributed by atoms with Crippen molar-refractivity contribution in [3.63, 3.8) is 0 Å². The van der Waals surface area contributed by atoms with Gasteiger partial charge in [-0.05, 0) is 12.1 Å². The molecule has 25 heavy (non-hydrogen) atoms. The normalized spacial score (nSPS) is 12.3. The molecule has 1 rings (SSSR count). The van der Waals surface area contributed by atoms with Crippen LogP contribution in [-0.4, -0.2) is 35.9 Å². The summed E-state index contributed by atoms with van der Waals surface area (Å²) < 4.78 is 79.1. The zero-order chi connectivity index (χ0) is 19.5. The molecule has 0 unspecified atom stereocenters. The van der Waals surface area contributed by atoms with Crippen LogP contribution in [0.15, 0.2) is 30.3 Å². The molecule has 0 heterocycles. The van der Waals surface area contributed by atoms with Gasteiger partial charge in [-0.15, -0.1) is 0 Å². The topological polar surface area (TPSA) is 87.3 Å². The summed E-state index contributed by atoms with van der Waals surface area (Å²) in [5.74, 6) is -2.94. The Balaban J connectivity index is 3.32.